The summed E-state index contributed by atoms with van der Waals surface area (Å²) in [5.41, 5.74) is 0.985. The van der Waals surface area contributed by atoms with Gasteiger partial charge in [0.05, 0.1) is 13.2 Å². The second-order valence-corrected chi connectivity index (χ2v) is 10.5. The predicted octanol–water partition coefficient (Wildman–Crippen LogP) is 2.91. The van der Waals surface area contributed by atoms with Crippen molar-refractivity contribution in [3.05, 3.63) is 76.2 Å². The number of aromatic nitrogens is 4. The first-order valence-corrected chi connectivity index (χ1v) is 14.2. The molecule has 4 aromatic rings. The molecule has 0 bridgehead atoms. The molecular weight excluding hydrogens is 530 g/mol. The second-order valence-electron chi connectivity index (χ2n) is 9.57. The van der Waals surface area contributed by atoms with Gasteiger partial charge in [0.15, 0.2) is 5.76 Å². The van der Waals surface area contributed by atoms with E-state index in [-0.39, 0.29) is 18.4 Å². The van der Waals surface area contributed by atoms with Crippen molar-refractivity contribution in [1.82, 2.24) is 35.3 Å². The number of nitrogens with zero attached hydrogens (tertiary/aromatic N) is 6. The summed E-state index contributed by atoms with van der Waals surface area (Å²) >= 11 is 1.45. The van der Waals surface area contributed by atoms with E-state index in [1.807, 2.05) is 60.8 Å². The van der Waals surface area contributed by atoms with Crippen molar-refractivity contribution in [2.45, 2.75) is 32.5 Å². The lowest BCUT2D eigenvalue weighted by atomic mass is 10.1. The third kappa shape index (κ3) is 7.20. The number of carbonyl (C=O) groups is 2. The number of nitrogens with one attached hydrogen (secondary N) is 1. The van der Waals surface area contributed by atoms with Crippen LogP contribution >= 0.6 is 11.3 Å². The first-order chi connectivity index (χ1) is 19.6. The van der Waals surface area contributed by atoms with Crippen molar-refractivity contribution in [3.8, 4) is 11.6 Å². The molecule has 4 heterocycles. The van der Waals surface area contributed by atoms with Crippen LogP contribution in [0.15, 0.2) is 64.4 Å². The average Bonchev–Trinajstić information content (AvgIpc) is 3.75. The lowest BCUT2D eigenvalue weighted by molar-refractivity contribution is -0.141. The fourth-order valence-electron chi connectivity index (χ4n) is 4.62. The van der Waals surface area contributed by atoms with Crippen molar-refractivity contribution in [1.29, 1.82) is 0 Å². The van der Waals surface area contributed by atoms with Crippen LogP contribution in [0.2, 0.25) is 0 Å². The van der Waals surface area contributed by atoms with Crippen LogP contribution in [-0.4, -0.2) is 81.2 Å². The van der Waals surface area contributed by atoms with Crippen LogP contribution in [0.4, 0.5) is 0 Å². The number of benzene rings is 1. The van der Waals surface area contributed by atoms with Gasteiger partial charge in [-0.15, -0.1) is 21.5 Å². The molecule has 1 aromatic carbocycles. The van der Waals surface area contributed by atoms with Gasteiger partial charge in [0.2, 0.25) is 17.6 Å². The topological polar surface area (TPSA) is 119 Å². The zero-order valence-electron chi connectivity index (χ0n) is 22.4. The number of aryl methyl sites for hydroxylation is 1. The molecule has 2 amide bonds. The summed E-state index contributed by atoms with van der Waals surface area (Å²) in [6, 6.07) is 16.3. The molecule has 0 radical (unpaired) electrons. The number of furan rings is 1. The van der Waals surface area contributed by atoms with Gasteiger partial charge in [0, 0.05) is 37.6 Å². The number of hydrogen-bond acceptors (Lipinski definition) is 9. The number of thiophene rings is 1. The van der Waals surface area contributed by atoms with Crippen molar-refractivity contribution in [2.24, 2.45) is 0 Å². The van der Waals surface area contributed by atoms with Crippen LogP contribution in [0.5, 0.6) is 0 Å². The highest BCUT2D eigenvalue weighted by atomic mass is 32.1. The minimum absolute atomic E-state index is 0.155. The molecule has 5 rings (SSSR count). The van der Waals surface area contributed by atoms with Crippen molar-refractivity contribution >= 4 is 23.2 Å². The Labute approximate surface area is 236 Å². The molecule has 0 unspecified atom stereocenters. The largest absolute Gasteiger partial charge is 0.458 e. The molecular formula is C28H33N7O4S. The zero-order chi connectivity index (χ0) is 27.7. The zero-order valence-corrected chi connectivity index (χ0v) is 23.3. The third-order valence-electron chi connectivity index (χ3n) is 6.67. The molecule has 1 fully saturated rings. The molecule has 1 N–H and O–H groups in total. The molecule has 210 valence electrons. The molecule has 40 heavy (non-hydrogen) atoms. The predicted molar refractivity (Wildman–Crippen MR) is 149 cm³/mol. The molecule has 0 aliphatic carbocycles. The Bertz CT molecular complexity index is 1370. The summed E-state index contributed by atoms with van der Waals surface area (Å²) in [5, 5.41) is 17.4. The molecule has 1 aliphatic rings. The normalized spacial score (nSPS) is 14.6. The van der Waals surface area contributed by atoms with E-state index in [1.54, 1.807) is 11.0 Å². The van der Waals surface area contributed by atoms with Gasteiger partial charge in [-0.3, -0.25) is 14.5 Å². The monoisotopic (exact) mass is 563 g/mol. The molecule has 3 aromatic heterocycles. The van der Waals surface area contributed by atoms with Crippen LogP contribution in [0.3, 0.4) is 0 Å². The lowest BCUT2D eigenvalue weighted by Gasteiger charge is -2.32. The second kappa shape index (κ2) is 13.5. The number of amides is 2. The van der Waals surface area contributed by atoms with E-state index in [4.69, 9.17) is 9.15 Å². The van der Waals surface area contributed by atoms with Gasteiger partial charge in [-0.2, -0.15) is 4.80 Å². The van der Waals surface area contributed by atoms with Crippen molar-refractivity contribution < 1.29 is 18.7 Å². The highest BCUT2D eigenvalue weighted by Crippen LogP contribution is 2.27. The van der Waals surface area contributed by atoms with Crippen molar-refractivity contribution in [3.63, 3.8) is 0 Å². The van der Waals surface area contributed by atoms with Crippen LogP contribution in [-0.2, 0) is 27.4 Å². The maximum absolute atomic E-state index is 13.8. The molecule has 1 atom stereocenters. The minimum Gasteiger partial charge on any atom is -0.458 e. The van der Waals surface area contributed by atoms with E-state index < -0.39 is 6.04 Å². The third-order valence-corrected chi connectivity index (χ3v) is 7.59. The number of morpholine rings is 1. The SMILES string of the molecule is Cc1ccc(-c2nnn(CC(=O)N(CCCN3CCOCC3)[C@H](C(=O)NCc3ccccc3)c3cccs3)n2)o1. The Morgan fingerprint density at radius 3 is 2.65 bits per heavy atom. The van der Waals surface area contributed by atoms with Gasteiger partial charge in [0.25, 0.3) is 0 Å². The molecule has 11 nitrogen and oxygen atoms in total. The Morgan fingerprint density at radius 2 is 1.93 bits per heavy atom. The summed E-state index contributed by atoms with van der Waals surface area (Å²) in [5.74, 6) is 1.01. The van der Waals surface area contributed by atoms with Gasteiger partial charge in [-0.25, -0.2) is 0 Å². The molecule has 1 saturated heterocycles. The van der Waals surface area contributed by atoms with E-state index in [0.29, 0.717) is 44.3 Å². The average molecular weight is 564 g/mol. The molecule has 1 aliphatic heterocycles. The fraction of sp³-hybridized carbons (Fsp3) is 0.393. The van der Waals surface area contributed by atoms with Crippen LogP contribution in [0.1, 0.15) is 28.7 Å². The highest BCUT2D eigenvalue weighted by molar-refractivity contribution is 7.10. The van der Waals surface area contributed by atoms with Gasteiger partial charge >= 0.3 is 0 Å². The Hall–Kier alpha value is -3.87. The Morgan fingerprint density at radius 1 is 1.10 bits per heavy atom. The fourth-order valence-corrected chi connectivity index (χ4v) is 5.45. The standard InChI is InChI=1S/C28H33N7O4S/c1-21-10-11-23(39-21)27-30-32-35(31-27)20-25(36)34(13-6-12-33-14-16-38-17-15-33)26(24-9-5-18-40-24)28(37)29-19-22-7-3-2-4-8-22/h2-5,7-11,18,26H,6,12-17,19-20H2,1H3,(H,29,37)/t26-/m0/s1. The van der Waals surface area contributed by atoms with E-state index >= 15 is 0 Å². The van der Waals surface area contributed by atoms with E-state index in [1.165, 1.54) is 16.1 Å². The quantitative estimate of drug-likeness (QED) is 0.280. The van der Waals surface area contributed by atoms with E-state index in [9.17, 15) is 9.59 Å². The molecule has 0 spiro atoms. The summed E-state index contributed by atoms with van der Waals surface area (Å²) in [6.45, 7) is 6.38. The van der Waals surface area contributed by atoms with E-state index in [0.717, 1.165) is 35.8 Å². The Balaban J connectivity index is 1.34. The van der Waals surface area contributed by atoms with Gasteiger partial charge in [0.1, 0.15) is 18.3 Å². The summed E-state index contributed by atoms with van der Waals surface area (Å²) < 4.78 is 11.1. The first kappa shape index (κ1) is 27.7. The number of ether oxygens (including phenoxy) is 1. The van der Waals surface area contributed by atoms with Crippen LogP contribution in [0.25, 0.3) is 11.6 Å². The summed E-state index contributed by atoms with van der Waals surface area (Å²) in [4.78, 5) is 33.5. The maximum Gasteiger partial charge on any atom is 0.248 e. The molecule has 0 saturated carbocycles. The lowest BCUT2D eigenvalue weighted by Crippen LogP contribution is -2.46. The van der Waals surface area contributed by atoms with Crippen LogP contribution < -0.4 is 5.32 Å². The molecule has 12 heteroatoms. The number of carbonyl (C=O) groups excluding carboxylic acids is 2. The first-order valence-electron chi connectivity index (χ1n) is 13.4. The van der Waals surface area contributed by atoms with Gasteiger partial charge < -0.3 is 19.4 Å². The van der Waals surface area contributed by atoms with Crippen LogP contribution in [0, 0.1) is 6.92 Å². The van der Waals surface area contributed by atoms with Crippen molar-refractivity contribution in [2.75, 3.05) is 39.4 Å². The minimum atomic E-state index is -0.781. The highest BCUT2D eigenvalue weighted by Gasteiger charge is 2.32. The Kier molecular flexibility index (Phi) is 9.32. The summed E-state index contributed by atoms with van der Waals surface area (Å²) in [7, 11) is 0. The summed E-state index contributed by atoms with van der Waals surface area (Å²) in [6.07, 6.45) is 0.710. The maximum atomic E-state index is 13.8. The van der Waals surface area contributed by atoms with Gasteiger partial charge in [-0.05, 0) is 47.7 Å². The number of rotatable bonds is 12. The van der Waals surface area contributed by atoms with Gasteiger partial charge in [-0.1, -0.05) is 36.4 Å². The number of hydrogen-bond donors (Lipinski definition) is 1. The smallest absolute Gasteiger partial charge is 0.248 e. The van der Waals surface area contributed by atoms with E-state index in [2.05, 4.69) is 25.6 Å². The number of tetrazole rings is 1.